The molecule has 0 radical (unpaired) electrons. The van der Waals surface area contributed by atoms with Crippen LogP contribution in [-0.2, 0) is 0 Å². The molecule has 0 aliphatic carbocycles. The van der Waals surface area contributed by atoms with Gasteiger partial charge < -0.3 is 9.52 Å². The third-order valence-electron chi connectivity index (χ3n) is 5.05. The fourth-order valence-electron chi connectivity index (χ4n) is 3.59. The number of furan rings is 1. The second kappa shape index (κ2) is 6.42. The van der Waals surface area contributed by atoms with Crippen LogP contribution in [0, 0.1) is 0 Å². The molecule has 1 aromatic heterocycles. The number of hydrogen-bond acceptors (Lipinski definition) is 2. The Hall–Kier alpha value is -3.36. The number of para-hydroxylation sites is 1. The molecule has 1 heterocycles. The van der Waals surface area contributed by atoms with E-state index in [4.69, 9.17) is 4.42 Å². The molecule has 130 valence electrons. The number of hydrogen-bond donors (Lipinski definition) is 1. The van der Waals surface area contributed by atoms with E-state index in [0.29, 0.717) is 0 Å². The lowest BCUT2D eigenvalue weighted by Gasteiger charge is -2.12. The van der Waals surface area contributed by atoms with Gasteiger partial charge in [0.15, 0.2) is 0 Å². The van der Waals surface area contributed by atoms with Gasteiger partial charge in [0, 0.05) is 10.8 Å². The third kappa shape index (κ3) is 2.80. The molecular weight excluding hydrogens is 332 g/mol. The largest absolute Gasteiger partial charge is 0.456 e. The highest BCUT2D eigenvalue weighted by molar-refractivity contribution is 6.04. The van der Waals surface area contributed by atoms with Crippen molar-refractivity contribution in [3.05, 3.63) is 108 Å². The van der Waals surface area contributed by atoms with E-state index in [2.05, 4.69) is 18.2 Å². The molecule has 0 spiro atoms. The van der Waals surface area contributed by atoms with Crippen molar-refractivity contribution >= 4 is 21.9 Å². The summed E-state index contributed by atoms with van der Waals surface area (Å²) in [5.41, 5.74) is 5.67. The van der Waals surface area contributed by atoms with Crippen LogP contribution in [0.3, 0.4) is 0 Å². The zero-order valence-corrected chi connectivity index (χ0v) is 14.7. The van der Waals surface area contributed by atoms with Crippen LogP contribution in [-0.4, -0.2) is 5.11 Å². The highest BCUT2D eigenvalue weighted by Crippen LogP contribution is 2.32. The maximum atomic E-state index is 10.8. The molecule has 1 N–H and O–H groups in total. The van der Waals surface area contributed by atoms with E-state index in [1.807, 2.05) is 78.9 Å². The van der Waals surface area contributed by atoms with Gasteiger partial charge in [0.1, 0.15) is 17.3 Å². The molecule has 2 heteroatoms. The van der Waals surface area contributed by atoms with Gasteiger partial charge in [-0.25, -0.2) is 0 Å². The van der Waals surface area contributed by atoms with Crippen LogP contribution in [0.4, 0.5) is 0 Å². The molecule has 0 saturated heterocycles. The van der Waals surface area contributed by atoms with Gasteiger partial charge in [-0.3, -0.25) is 0 Å². The minimum Gasteiger partial charge on any atom is -0.456 e. The molecule has 0 aliphatic heterocycles. The standard InChI is InChI=1S/C25H18O2/c26-25(19-12-10-18(11-13-19)17-6-2-1-3-7-17)20-14-15-22-21-8-4-5-9-23(21)27-24(22)16-20/h1-16,25-26H. The van der Waals surface area contributed by atoms with E-state index in [0.717, 1.165) is 38.6 Å². The van der Waals surface area contributed by atoms with Gasteiger partial charge in [0.25, 0.3) is 0 Å². The normalized spacial score (nSPS) is 12.5. The van der Waals surface area contributed by atoms with Gasteiger partial charge in [-0.05, 0) is 34.4 Å². The Morgan fingerprint density at radius 1 is 0.556 bits per heavy atom. The first kappa shape index (κ1) is 15.9. The quantitative estimate of drug-likeness (QED) is 0.412. The lowest BCUT2D eigenvalue weighted by molar-refractivity contribution is 0.220. The van der Waals surface area contributed by atoms with Crippen molar-refractivity contribution in [2.24, 2.45) is 0 Å². The van der Waals surface area contributed by atoms with Crippen molar-refractivity contribution in [2.45, 2.75) is 6.10 Å². The predicted molar refractivity (Wildman–Crippen MR) is 110 cm³/mol. The summed E-state index contributed by atoms with van der Waals surface area (Å²) in [6.07, 6.45) is -0.688. The average Bonchev–Trinajstić information content (AvgIpc) is 3.12. The van der Waals surface area contributed by atoms with Crippen LogP contribution in [0.15, 0.2) is 101 Å². The Bertz CT molecular complexity index is 1220. The van der Waals surface area contributed by atoms with Gasteiger partial charge in [-0.15, -0.1) is 0 Å². The van der Waals surface area contributed by atoms with Crippen molar-refractivity contribution in [1.82, 2.24) is 0 Å². The van der Waals surface area contributed by atoms with Crippen molar-refractivity contribution in [3.63, 3.8) is 0 Å². The molecular formula is C25H18O2. The summed E-state index contributed by atoms with van der Waals surface area (Å²) in [5.74, 6) is 0. The number of fused-ring (bicyclic) bond motifs is 3. The first-order chi connectivity index (χ1) is 13.3. The minimum absolute atomic E-state index is 0.688. The molecule has 27 heavy (non-hydrogen) atoms. The molecule has 5 aromatic rings. The summed E-state index contributed by atoms with van der Waals surface area (Å²) in [7, 11) is 0. The Balaban J connectivity index is 1.49. The van der Waals surface area contributed by atoms with E-state index in [9.17, 15) is 5.11 Å². The summed E-state index contributed by atoms with van der Waals surface area (Å²) in [6, 6.07) is 32.2. The zero-order valence-electron chi connectivity index (χ0n) is 14.7. The lowest BCUT2D eigenvalue weighted by Crippen LogP contribution is -1.99. The Kier molecular flexibility index (Phi) is 3.77. The second-order valence-corrected chi connectivity index (χ2v) is 6.74. The molecule has 0 amide bonds. The van der Waals surface area contributed by atoms with Gasteiger partial charge >= 0.3 is 0 Å². The molecule has 5 rings (SSSR count). The summed E-state index contributed by atoms with van der Waals surface area (Å²) in [6.45, 7) is 0. The van der Waals surface area contributed by atoms with Crippen molar-refractivity contribution in [1.29, 1.82) is 0 Å². The van der Waals surface area contributed by atoms with Crippen molar-refractivity contribution in [2.75, 3.05) is 0 Å². The highest BCUT2D eigenvalue weighted by atomic mass is 16.3. The first-order valence-electron chi connectivity index (χ1n) is 9.04. The minimum atomic E-state index is -0.688. The van der Waals surface area contributed by atoms with Crippen LogP contribution in [0.25, 0.3) is 33.1 Å². The summed E-state index contributed by atoms with van der Waals surface area (Å²) >= 11 is 0. The molecule has 1 atom stereocenters. The average molecular weight is 350 g/mol. The van der Waals surface area contributed by atoms with Gasteiger partial charge in [-0.1, -0.05) is 84.9 Å². The maximum Gasteiger partial charge on any atom is 0.135 e. The first-order valence-corrected chi connectivity index (χ1v) is 9.04. The Morgan fingerprint density at radius 3 is 2.00 bits per heavy atom. The molecule has 0 saturated carbocycles. The molecule has 2 nitrogen and oxygen atoms in total. The Morgan fingerprint density at radius 2 is 1.19 bits per heavy atom. The molecule has 0 fully saturated rings. The van der Waals surface area contributed by atoms with Crippen LogP contribution >= 0.6 is 0 Å². The summed E-state index contributed by atoms with van der Waals surface area (Å²) < 4.78 is 5.94. The van der Waals surface area contributed by atoms with E-state index < -0.39 is 6.10 Å². The fraction of sp³-hybridized carbons (Fsp3) is 0.0400. The number of benzene rings is 4. The van der Waals surface area contributed by atoms with Crippen LogP contribution < -0.4 is 0 Å². The molecule has 0 aliphatic rings. The van der Waals surface area contributed by atoms with Crippen LogP contribution in [0.5, 0.6) is 0 Å². The van der Waals surface area contributed by atoms with E-state index in [-0.39, 0.29) is 0 Å². The lowest BCUT2D eigenvalue weighted by atomic mass is 9.97. The topological polar surface area (TPSA) is 33.4 Å². The monoisotopic (exact) mass is 350 g/mol. The summed E-state index contributed by atoms with van der Waals surface area (Å²) in [4.78, 5) is 0. The number of rotatable bonds is 3. The van der Waals surface area contributed by atoms with Crippen molar-refractivity contribution in [3.8, 4) is 11.1 Å². The molecule has 4 aromatic carbocycles. The van der Waals surface area contributed by atoms with Gasteiger partial charge in [-0.2, -0.15) is 0 Å². The fourth-order valence-corrected chi connectivity index (χ4v) is 3.59. The van der Waals surface area contributed by atoms with E-state index in [1.54, 1.807) is 0 Å². The second-order valence-electron chi connectivity index (χ2n) is 6.74. The van der Waals surface area contributed by atoms with E-state index >= 15 is 0 Å². The molecule has 1 unspecified atom stereocenters. The van der Waals surface area contributed by atoms with Gasteiger partial charge in [0.05, 0.1) is 0 Å². The van der Waals surface area contributed by atoms with Gasteiger partial charge in [0.2, 0.25) is 0 Å². The maximum absolute atomic E-state index is 10.8. The Labute approximate surface area is 157 Å². The predicted octanol–water partition coefficient (Wildman–Crippen LogP) is 6.33. The SMILES string of the molecule is OC(c1ccc(-c2ccccc2)cc1)c1ccc2c(c1)oc1ccccc12. The zero-order chi connectivity index (χ0) is 18.2. The highest BCUT2D eigenvalue weighted by Gasteiger charge is 2.14. The smallest absolute Gasteiger partial charge is 0.135 e. The van der Waals surface area contributed by atoms with Crippen LogP contribution in [0.1, 0.15) is 17.2 Å². The summed E-state index contributed by atoms with van der Waals surface area (Å²) in [5, 5.41) is 13.0. The number of aliphatic hydroxyl groups is 1. The number of aliphatic hydroxyl groups excluding tert-OH is 1. The van der Waals surface area contributed by atoms with Crippen molar-refractivity contribution < 1.29 is 9.52 Å². The molecule has 0 bridgehead atoms. The third-order valence-corrected chi connectivity index (χ3v) is 5.05. The van der Waals surface area contributed by atoms with Crippen LogP contribution in [0.2, 0.25) is 0 Å². The van der Waals surface area contributed by atoms with E-state index in [1.165, 1.54) is 5.56 Å².